The molecule has 0 heterocycles. The van der Waals surface area contributed by atoms with Crippen LogP contribution < -0.4 is 0 Å². The van der Waals surface area contributed by atoms with Gasteiger partial charge in [0.05, 0.1) is 13.2 Å². The molecule has 0 aromatic carbocycles. The quantitative estimate of drug-likeness (QED) is 0.0379. The number of carbonyl (C=O) groups is 2. The first-order valence-corrected chi connectivity index (χ1v) is 14.8. The van der Waals surface area contributed by atoms with E-state index in [1.54, 1.807) is 0 Å². The number of ether oxygens (including phenoxy) is 2. The highest BCUT2D eigenvalue weighted by atomic mass is 19.4. The van der Waals surface area contributed by atoms with Crippen molar-refractivity contribution >= 4 is 11.9 Å². The van der Waals surface area contributed by atoms with Crippen LogP contribution in [0.1, 0.15) is 44.9 Å². The fraction of sp³-hybridized carbons (Fsp3) is 0.852. The maximum Gasteiger partial charge on any atom is 0.460 e. The first-order valence-electron chi connectivity index (χ1n) is 14.8. The molecule has 1 saturated carbocycles. The Bertz CT molecular complexity index is 1350. The number of hydrogen-bond acceptors (Lipinski definition) is 4. The molecule has 0 radical (unpaired) electrons. The van der Waals surface area contributed by atoms with Crippen LogP contribution in [0.3, 0.4) is 0 Å². The first-order chi connectivity index (χ1) is 24.9. The molecule has 0 saturated heterocycles. The van der Waals surface area contributed by atoms with Crippen LogP contribution in [-0.2, 0) is 19.1 Å². The van der Waals surface area contributed by atoms with E-state index in [1.807, 2.05) is 0 Å². The summed E-state index contributed by atoms with van der Waals surface area (Å²) >= 11 is 0. The number of unbranched alkanes of at least 4 members (excludes halogenated alkanes) is 2. The van der Waals surface area contributed by atoms with E-state index in [0.29, 0.717) is 0 Å². The SMILES string of the molecule is C=CC1CC1(C(=O)OCCCCC(F)(F)C(F)(F)C(F)(F)C(F)(F)C(F)(F)C(F)(F)F)C(=O)OCCCCC(F)(F)C(F)(F)C(F)(F)C(F)(F)C(F)(F)C(F)(F)F. The summed E-state index contributed by atoms with van der Waals surface area (Å²) in [7, 11) is 0. The summed E-state index contributed by atoms with van der Waals surface area (Å²) in [5.41, 5.74) is -2.47. The Morgan fingerprint density at radius 3 is 0.947 bits per heavy atom. The summed E-state index contributed by atoms with van der Waals surface area (Å²) in [6.45, 7) is 0.661. The zero-order valence-corrected chi connectivity index (χ0v) is 27.2. The van der Waals surface area contributed by atoms with Gasteiger partial charge in [0.2, 0.25) is 0 Å². The van der Waals surface area contributed by atoms with Gasteiger partial charge >= 0.3 is 83.5 Å². The van der Waals surface area contributed by atoms with Gasteiger partial charge in [-0.25, -0.2) is 0 Å². The lowest BCUT2D eigenvalue weighted by Gasteiger charge is -2.39. The van der Waals surface area contributed by atoms with Gasteiger partial charge in [-0.1, -0.05) is 6.08 Å². The van der Waals surface area contributed by atoms with Gasteiger partial charge in [0.1, 0.15) is 0 Å². The number of halogens is 26. The molecule has 0 N–H and O–H groups in total. The first kappa shape index (κ1) is 51.9. The molecule has 0 spiro atoms. The number of carbonyl (C=O) groups excluding carboxylic acids is 2. The monoisotopic (exact) mass is 904 g/mol. The zero-order chi connectivity index (χ0) is 45.7. The average molecular weight is 904 g/mol. The van der Waals surface area contributed by atoms with Crippen molar-refractivity contribution in [2.45, 2.75) is 117 Å². The van der Waals surface area contributed by atoms with E-state index in [1.165, 1.54) is 0 Å². The molecule has 1 rings (SSSR count). The summed E-state index contributed by atoms with van der Waals surface area (Å²) in [5, 5.41) is 0. The lowest BCUT2D eigenvalue weighted by molar-refractivity contribution is -0.440. The van der Waals surface area contributed by atoms with E-state index < -0.39 is 153 Å². The van der Waals surface area contributed by atoms with Crippen molar-refractivity contribution in [3.05, 3.63) is 12.7 Å². The Hall–Kier alpha value is -3.14. The summed E-state index contributed by atoms with van der Waals surface area (Å²) in [4.78, 5) is 25.0. The lowest BCUT2D eigenvalue weighted by Crippen LogP contribution is -2.70. The van der Waals surface area contributed by atoms with Crippen molar-refractivity contribution in [3.8, 4) is 0 Å². The highest BCUT2D eigenvalue weighted by molar-refractivity contribution is 6.04. The average Bonchev–Trinajstić information content (AvgIpc) is 3.78. The van der Waals surface area contributed by atoms with E-state index in [4.69, 9.17) is 0 Å². The second-order valence-corrected chi connectivity index (χ2v) is 12.2. The van der Waals surface area contributed by atoms with Crippen LogP contribution in [0, 0.1) is 11.3 Å². The fourth-order valence-electron chi connectivity index (χ4n) is 4.53. The lowest BCUT2D eigenvalue weighted by atomic mass is 9.92. The minimum Gasteiger partial charge on any atom is -0.465 e. The number of esters is 2. The third-order valence-electron chi connectivity index (χ3n) is 8.26. The minimum absolute atomic E-state index is 0.611. The molecule has 1 fully saturated rings. The summed E-state index contributed by atoms with van der Waals surface area (Å²) < 4.78 is 352. The van der Waals surface area contributed by atoms with Crippen LogP contribution in [0.25, 0.3) is 0 Å². The van der Waals surface area contributed by atoms with Gasteiger partial charge in [-0.05, 0) is 32.1 Å². The molecule has 0 bridgehead atoms. The molecule has 1 aliphatic carbocycles. The maximum atomic E-state index is 13.9. The second kappa shape index (κ2) is 15.5. The van der Waals surface area contributed by atoms with Gasteiger partial charge in [0, 0.05) is 18.8 Å². The number of allylic oxidation sites excluding steroid dienone is 1. The van der Waals surface area contributed by atoms with Crippen molar-refractivity contribution in [2.24, 2.45) is 11.3 Å². The van der Waals surface area contributed by atoms with Crippen LogP contribution in [0.15, 0.2) is 12.7 Å². The summed E-state index contributed by atoms with van der Waals surface area (Å²) in [6, 6.07) is 0. The highest BCUT2D eigenvalue weighted by Crippen LogP contribution is 2.63. The van der Waals surface area contributed by atoms with E-state index in [-0.39, 0.29) is 0 Å². The number of hydrogen-bond donors (Lipinski definition) is 0. The maximum absolute atomic E-state index is 13.9. The van der Waals surface area contributed by atoms with E-state index >= 15 is 0 Å². The van der Waals surface area contributed by atoms with E-state index in [2.05, 4.69) is 16.1 Å². The fourth-order valence-corrected chi connectivity index (χ4v) is 4.53. The second-order valence-electron chi connectivity index (χ2n) is 12.2. The largest absolute Gasteiger partial charge is 0.465 e. The molecule has 0 aliphatic heterocycles. The minimum atomic E-state index is -8.14. The van der Waals surface area contributed by atoms with Crippen LogP contribution in [0.4, 0.5) is 114 Å². The molecule has 57 heavy (non-hydrogen) atoms. The highest BCUT2D eigenvalue weighted by Gasteiger charge is 2.92. The molecule has 0 amide bonds. The molecule has 1 unspecified atom stereocenters. The molecular formula is C27H22F26O4. The topological polar surface area (TPSA) is 52.6 Å². The van der Waals surface area contributed by atoms with Crippen LogP contribution in [0.2, 0.25) is 0 Å². The Morgan fingerprint density at radius 1 is 0.456 bits per heavy atom. The molecule has 30 heteroatoms. The smallest absolute Gasteiger partial charge is 0.460 e. The third-order valence-corrected chi connectivity index (χ3v) is 8.26. The van der Waals surface area contributed by atoms with Crippen molar-refractivity contribution < 1.29 is 133 Å². The van der Waals surface area contributed by atoms with Gasteiger partial charge < -0.3 is 9.47 Å². The van der Waals surface area contributed by atoms with Crippen LogP contribution in [-0.4, -0.2) is 96.7 Å². The van der Waals surface area contributed by atoms with Crippen LogP contribution >= 0.6 is 0 Å². The van der Waals surface area contributed by atoms with Gasteiger partial charge in [0.15, 0.2) is 5.41 Å². The van der Waals surface area contributed by atoms with Gasteiger partial charge in [-0.2, -0.15) is 114 Å². The van der Waals surface area contributed by atoms with Crippen molar-refractivity contribution in [3.63, 3.8) is 0 Å². The summed E-state index contributed by atoms with van der Waals surface area (Å²) in [6.07, 6.45) is -25.7. The van der Waals surface area contributed by atoms with Crippen LogP contribution in [0.5, 0.6) is 0 Å². The van der Waals surface area contributed by atoms with E-state index in [0.717, 1.165) is 6.08 Å². The zero-order valence-electron chi connectivity index (χ0n) is 27.2. The Kier molecular flexibility index (Phi) is 14.1. The Balaban J connectivity index is 2.86. The molecule has 1 atom stereocenters. The molecule has 1 aliphatic rings. The number of alkyl halides is 26. The summed E-state index contributed by atoms with van der Waals surface area (Å²) in [5.74, 6) is -81.0. The molecular weight excluding hydrogens is 882 g/mol. The third kappa shape index (κ3) is 8.36. The van der Waals surface area contributed by atoms with E-state index in [9.17, 15) is 124 Å². The normalized spacial score (nSPS) is 18.3. The molecule has 0 aromatic heterocycles. The van der Waals surface area contributed by atoms with Crippen molar-refractivity contribution in [1.82, 2.24) is 0 Å². The van der Waals surface area contributed by atoms with Crippen molar-refractivity contribution in [1.29, 1.82) is 0 Å². The molecule has 336 valence electrons. The van der Waals surface area contributed by atoms with Gasteiger partial charge in [0.25, 0.3) is 0 Å². The Labute approximate surface area is 299 Å². The Morgan fingerprint density at radius 2 is 0.719 bits per heavy atom. The van der Waals surface area contributed by atoms with Crippen molar-refractivity contribution in [2.75, 3.05) is 13.2 Å². The predicted molar refractivity (Wildman–Crippen MR) is 132 cm³/mol. The predicted octanol–water partition coefficient (Wildman–Crippen LogP) is 11.1. The number of rotatable bonds is 21. The van der Waals surface area contributed by atoms with Gasteiger partial charge in [-0.15, -0.1) is 6.58 Å². The molecule has 4 nitrogen and oxygen atoms in total. The van der Waals surface area contributed by atoms with Gasteiger partial charge in [-0.3, -0.25) is 9.59 Å². The molecule has 0 aromatic rings. The standard InChI is InChI=1S/C27H22F26O4/c1-2-12-11-15(12,13(54)56-9-5-3-7-16(28,29)18(32,33)20(36,37)22(40,41)24(44,45)26(48,49)50)14(55)57-10-6-4-8-17(30,31)19(34,35)21(38,39)23(42,43)25(46,47)27(51,52)53/h2,12H,1,3-11H2.